The molecule has 2 heterocycles. The lowest BCUT2D eigenvalue weighted by Gasteiger charge is -2.41. The van der Waals surface area contributed by atoms with E-state index >= 15 is 0 Å². The first-order chi connectivity index (χ1) is 16.3. The fourth-order valence-corrected chi connectivity index (χ4v) is 4.61. The number of rotatable bonds is 7. The quantitative estimate of drug-likeness (QED) is 0.638. The van der Waals surface area contributed by atoms with E-state index in [-0.39, 0.29) is 42.3 Å². The summed E-state index contributed by atoms with van der Waals surface area (Å²) in [4.78, 5) is 40.5. The fourth-order valence-electron chi connectivity index (χ4n) is 4.61. The summed E-state index contributed by atoms with van der Waals surface area (Å²) in [6.07, 6.45) is 4.10. The number of para-hydroxylation sites is 1. The maximum atomic E-state index is 13.1. The number of nitrogens with zero attached hydrogens (tertiary/aromatic N) is 3. The van der Waals surface area contributed by atoms with Crippen LogP contribution >= 0.6 is 0 Å². The molecule has 1 aromatic heterocycles. The van der Waals surface area contributed by atoms with Gasteiger partial charge in [0.25, 0.3) is 11.8 Å². The van der Waals surface area contributed by atoms with Crippen LogP contribution in [0.2, 0.25) is 0 Å². The Hall–Kier alpha value is -3.56. The Balaban J connectivity index is 1.50. The summed E-state index contributed by atoms with van der Waals surface area (Å²) in [6, 6.07) is 7.01. The minimum absolute atomic E-state index is 0.110. The normalized spacial score (nSPS) is 20.1. The van der Waals surface area contributed by atoms with Crippen molar-refractivity contribution in [2.45, 2.75) is 57.3 Å². The summed E-state index contributed by atoms with van der Waals surface area (Å²) in [5.41, 5.74) is 0.0309. The third kappa shape index (κ3) is 4.20. The van der Waals surface area contributed by atoms with Crippen LogP contribution in [0.25, 0.3) is 0 Å². The number of methoxy groups -OCH3 is 2. The van der Waals surface area contributed by atoms with Gasteiger partial charge in [0, 0.05) is 31.3 Å². The number of hydrogen-bond donors (Lipinski definition) is 2. The van der Waals surface area contributed by atoms with Crippen LogP contribution in [0.15, 0.2) is 24.3 Å². The summed E-state index contributed by atoms with van der Waals surface area (Å²) < 4.78 is 12.2. The van der Waals surface area contributed by atoms with Gasteiger partial charge in [-0.05, 0) is 25.8 Å². The first-order valence-electron chi connectivity index (χ1n) is 11.4. The minimum atomic E-state index is -1.10. The molecule has 3 amide bonds. The van der Waals surface area contributed by atoms with Crippen LogP contribution in [-0.4, -0.2) is 65.2 Å². The van der Waals surface area contributed by atoms with Crippen molar-refractivity contribution in [1.82, 2.24) is 25.3 Å². The Morgan fingerprint density at radius 3 is 2.62 bits per heavy atom. The van der Waals surface area contributed by atoms with Crippen molar-refractivity contribution in [3.05, 3.63) is 41.2 Å². The molecule has 2 aromatic rings. The molecular formula is C24H31N5O5. The van der Waals surface area contributed by atoms with Gasteiger partial charge in [-0.3, -0.25) is 19.1 Å². The zero-order valence-electron chi connectivity index (χ0n) is 20.0. The lowest BCUT2D eigenvalue weighted by atomic mass is 9.95. The van der Waals surface area contributed by atoms with Crippen LogP contribution in [0.4, 0.5) is 0 Å². The Bertz CT molecular complexity index is 1110. The summed E-state index contributed by atoms with van der Waals surface area (Å²) in [5, 5.41) is 10.3. The Labute approximate surface area is 198 Å². The second-order valence-electron chi connectivity index (χ2n) is 9.00. The Morgan fingerprint density at radius 1 is 1.21 bits per heavy atom. The number of likely N-dealkylation sites (N-methyl/N-ethyl adjacent to an activating group) is 1. The number of carbonyl (C=O) groups is 3. The third-order valence-corrected chi connectivity index (χ3v) is 6.84. The van der Waals surface area contributed by atoms with Crippen LogP contribution in [0.5, 0.6) is 11.5 Å². The molecule has 0 saturated heterocycles. The highest BCUT2D eigenvalue weighted by atomic mass is 16.5. The number of benzene rings is 1. The van der Waals surface area contributed by atoms with Gasteiger partial charge in [-0.15, -0.1) is 0 Å². The summed E-state index contributed by atoms with van der Waals surface area (Å²) >= 11 is 0. The van der Waals surface area contributed by atoms with Gasteiger partial charge in [0.05, 0.1) is 20.8 Å². The molecule has 1 aromatic carbocycles. The van der Waals surface area contributed by atoms with E-state index in [1.165, 1.54) is 22.8 Å². The van der Waals surface area contributed by atoms with Crippen molar-refractivity contribution in [2.75, 3.05) is 21.3 Å². The molecule has 1 aliphatic carbocycles. The van der Waals surface area contributed by atoms with Crippen molar-refractivity contribution in [3.63, 3.8) is 0 Å². The second-order valence-corrected chi connectivity index (χ2v) is 9.00. The molecule has 1 aliphatic heterocycles. The smallest absolute Gasteiger partial charge is 0.272 e. The van der Waals surface area contributed by atoms with Gasteiger partial charge in [-0.25, -0.2) is 0 Å². The molecule has 4 rings (SSSR count). The van der Waals surface area contributed by atoms with E-state index in [4.69, 9.17) is 9.47 Å². The molecule has 10 nitrogen and oxygen atoms in total. The highest BCUT2D eigenvalue weighted by Crippen LogP contribution is 2.31. The van der Waals surface area contributed by atoms with Crippen LogP contribution in [-0.2, 0) is 17.9 Å². The van der Waals surface area contributed by atoms with Crippen LogP contribution in [0.1, 0.15) is 59.1 Å². The van der Waals surface area contributed by atoms with Crippen molar-refractivity contribution < 1.29 is 23.9 Å². The maximum Gasteiger partial charge on any atom is 0.272 e. The lowest BCUT2D eigenvalue weighted by molar-refractivity contribution is -0.133. The van der Waals surface area contributed by atoms with E-state index in [9.17, 15) is 14.4 Å². The molecule has 182 valence electrons. The average Bonchev–Trinajstić information content (AvgIpc) is 3.50. The number of aromatic nitrogens is 2. The third-order valence-electron chi connectivity index (χ3n) is 6.84. The SMILES string of the molecule is COc1cccc(CNC(=O)c2cc3n(n2)C[C@](C)(C(=O)NC2CCCC2)N(C)C3=O)c1OC. The number of carbonyl (C=O) groups excluding carboxylic acids is 3. The van der Waals surface area contributed by atoms with Gasteiger partial charge < -0.3 is 25.0 Å². The monoisotopic (exact) mass is 469 g/mol. The molecule has 1 fully saturated rings. The van der Waals surface area contributed by atoms with Gasteiger partial charge in [0.1, 0.15) is 11.2 Å². The van der Waals surface area contributed by atoms with E-state index in [0.29, 0.717) is 11.5 Å². The molecule has 1 saturated carbocycles. The number of nitrogens with one attached hydrogen (secondary N) is 2. The summed E-state index contributed by atoms with van der Waals surface area (Å²) in [7, 11) is 4.70. The van der Waals surface area contributed by atoms with E-state index < -0.39 is 11.4 Å². The predicted molar refractivity (Wildman–Crippen MR) is 124 cm³/mol. The molecule has 2 N–H and O–H groups in total. The first kappa shape index (κ1) is 23.6. The summed E-state index contributed by atoms with van der Waals surface area (Å²) in [6.45, 7) is 2.09. The largest absolute Gasteiger partial charge is 0.493 e. The molecular weight excluding hydrogens is 438 g/mol. The van der Waals surface area contributed by atoms with E-state index in [1.807, 2.05) is 12.1 Å². The van der Waals surface area contributed by atoms with E-state index in [1.54, 1.807) is 27.1 Å². The number of amides is 3. The van der Waals surface area contributed by atoms with E-state index in [2.05, 4.69) is 15.7 Å². The first-order valence-corrected chi connectivity index (χ1v) is 11.4. The average molecular weight is 470 g/mol. The highest BCUT2D eigenvalue weighted by Gasteiger charge is 2.46. The van der Waals surface area contributed by atoms with Gasteiger partial charge in [-0.1, -0.05) is 25.0 Å². The van der Waals surface area contributed by atoms with Crippen molar-refractivity contribution in [2.24, 2.45) is 0 Å². The molecule has 34 heavy (non-hydrogen) atoms. The second kappa shape index (κ2) is 9.36. The Morgan fingerprint density at radius 2 is 1.94 bits per heavy atom. The van der Waals surface area contributed by atoms with Crippen molar-refractivity contribution in [1.29, 1.82) is 0 Å². The minimum Gasteiger partial charge on any atom is -0.493 e. The molecule has 0 spiro atoms. The summed E-state index contributed by atoms with van der Waals surface area (Å²) in [5.74, 6) is 0.119. The number of fused-ring (bicyclic) bond motifs is 1. The van der Waals surface area contributed by atoms with Gasteiger partial charge in [0.15, 0.2) is 17.2 Å². The van der Waals surface area contributed by atoms with Crippen LogP contribution in [0, 0.1) is 0 Å². The van der Waals surface area contributed by atoms with Crippen LogP contribution in [0.3, 0.4) is 0 Å². The fraction of sp³-hybridized carbons (Fsp3) is 0.500. The predicted octanol–water partition coefficient (Wildman–Crippen LogP) is 1.73. The lowest BCUT2D eigenvalue weighted by Crippen LogP contribution is -2.63. The van der Waals surface area contributed by atoms with Gasteiger partial charge in [-0.2, -0.15) is 5.10 Å². The van der Waals surface area contributed by atoms with Crippen molar-refractivity contribution >= 4 is 17.7 Å². The number of hydrogen-bond acceptors (Lipinski definition) is 6. The Kier molecular flexibility index (Phi) is 6.49. The highest BCUT2D eigenvalue weighted by molar-refractivity contribution is 6.01. The topological polar surface area (TPSA) is 115 Å². The molecule has 0 bridgehead atoms. The molecule has 0 unspecified atom stereocenters. The van der Waals surface area contributed by atoms with Gasteiger partial charge in [0.2, 0.25) is 5.91 Å². The van der Waals surface area contributed by atoms with E-state index in [0.717, 1.165) is 31.2 Å². The van der Waals surface area contributed by atoms with Crippen molar-refractivity contribution in [3.8, 4) is 11.5 Å². The maximum absolute atomic E-state index is 13.1. The zero-order valence-corrected chi connectivity index (χ0v) is 20.0. The molecule has 2 aliphatic rings. The molecule has 10 heteroatoms. The molecule has 1 atom stereocenters. The standard InChI is InChI=1S/C24H31N5O5/c1-24(23(32)26-16-9-5-6-10-16)14-29-18(22(31)28(24)2)12-17(27-29)21(30)25-13-15-8-7-11-19(33-3)20(15)34-4/h7-8,11-12,16H,5-6,9-10,13-14H2,1-4H3,(H,25,30)(H,26,32)/t24-/m1/s1. The number of ether oxygens (including phenoxy) is 2. The van der Waals surface area contributed by atoms with Gasteiger partial charge >= 0.3 is 0 Å². The van der Waals surface area contributed by atoms with Crippen LogP contribution < -0.4 is 20.1 Å². The molecule has 0 radical (unpaired) electrons. The zero-order chi connectivity index (χ0) is 24.5.